The quantitative estimate of drug-likeness (QED) is 0.869. The summed E-state index contributed by atoms with van der Waals surface area (Å²) in [4.78, 5) is 9.54. The summed E-state index contributed by atoms with van der Waals surface area (Å²) in [6, 6.07) is 8.04. The summed E-state index contributed by atoms with van der Waals surface area (Å²) >= 11 is 1.69. The summed E-state index contributed by atoms with van der Waals surface area (Å²) in [7, 11) is 1.68. The molecule has 0 spiro atoms. The molecule has 24 heavy (non-hydrogen) atoms. The van der Waals surface area contributed by atoms with Crippen LogP contribution in [0.3, 0.4) is 0 Å². The number of nitrogens with zero attached hydrogens (tertiary/aromatic N) is 3. The van der Waals surface area contributed by atoms with Crippen LogP contribution in [0.5, 0.6) is 5.75 Å². The van der Waals surface area contributed by atoms with Gasteiger partial charge in [-0.15, -0.1) is 11.3 Å². The second-order valence-electron chi connectivity index (χ2n) is 6.30. The zero-order valence-corrected chi connectivity index (χ0v) is 15.1. The van der Waals surface area contributed by atoms with Crippen LogP contribution in [0.1, 0.15) is 12.6 Å². The molecule has 0 saturated carbocycles. The Morgan fingerprint density at radius 3 is 2.46 bits per heavy atom. The lowest BCUT2D eigenvalue weighted by Gasteiger charge is -2.34. The van der Waals surface area contributed by atoms with E-state index < -0.39 is 0 Å². The summed E-state index contributed by atoms with van der Waals surface area (Å²) < 4.78 is 5.20. The predicted molar refractivity (Wildman–Crippen MR) is 97.5 cm³/mol. The third-order valence-electron chi connectivity index (χ3n) is 4.26. The number of hydrogen-bond donors (Lipinski definition) is 1. The van der Waals surface area contributed by atoms with Gasteiger partial charge in [0.2, 0.25) is 0 Å². The van der Waals surface area contributed by atoms with Gasteiger partial charge in [0.15, 0.2) is 0 Å². The number of piperazine rings is 1. The highest BCUT2D eigenvalue weighted by atomic mass is 32.1. The van der Waals surface area contributed by atoms with Crippen LogP contribution in [-0.4, -0.2) is 65.8 Å². The van der Waals surface area contributed by atoms with E-state index in [1.54, 1.807) is 18.4 Å². The van der Waals surface area contributed by atoms with Gasteiger partial charge in [0, 0.05) is 50.2 Å². The van der Waals surface area contributed by atoms with Crippen LogP contribution >= 0.6 is 11.3 Å². The molecule has 6 heteroatoms. The predicted octanol–water partition coefficient (Wildman–Crippen LogP) is 2.32. The summed E-state index contributed by atoms with van der Waals surface area (Å²) in [5.41, 5.74) is 2.27. The Morgan fingerprint density at radius 2 is 1.83 bits per heavy atom. The zero-order valence-electron chi connectivity index (χ0n) is 14.3. The Hall–Kier alpha value is -1.47. The minimum Gasteiger partial charge on any atom is -0.497 e. The molecule has 0 amide bonds. The van der Waals surface area contributed by atoms with Gasteiger partial charge in [-0.25, -0.2) is 4.98 Å². The molecule has 3 rings (SSSR count). The van der Waals surface area contributed by atoms with Crippen molar-refractivity contribution in [2.75, 3.05) is 39.8 Å². The van der Waals surface area contributed by atoms with Crippen molar-refractivity contribution in [1.29, 1.82) is 0 Å². The topological polar surface area (TPSA) is 48.8 Å². The van der Waals surface area contributed by atoms with E-state index in [1.165, 1.54) is 0 Å². The van der Waals surface area contributed by atoms with E-state index in [2.05, 4.69) is 27.3 Å². The molecular weight excluding hydrogens is 322 g/mol. The lowest BCUT2D eigenvalue weighted by molar-refractivity contribution is 0.0777. The van der Waals surface area contributed by atoms with Crippen LogP contribution in [-0.2, 0) is 6.54 Å². The third kappa shape index (κ3) is 4.54. The fourth-order valence-corrected chi connectivity index (χ4v) is 3.80. The van der Waals surface area contributed by atoms with E-state index in [-0.39, 0.29) is 6.10 Å². The number of methoxy groups -OCH3 is 1. The van der Waals surface area contributed by atoms with Crippen LogP contribution in [0.2, 0.25) is 0 Å². The highest BCUT2D eigenvalue weighted by molar-refractivity contribution is 7.13. The maximum absolute atomic E-state index is 9.48. The summed E-state index contributed by atoms with van der Waals surface area (Å²) in [5, 5.41) is 12.7. The van der Waals surface area contributed by atoms with Crippen LogP contribution in [0.4, 0.5) is 0 Å². The van der Waals surface area contributed by atoms with Gasteiger partial charge >= 0.3 is 0 Å². The van der Waals surface area contributed by atoms with Crippen LogP contribution in [0.25, 0.3) is 10.6 Å². The van der Waals surface area contributed by atoms with Gasteiger partial charge in [-0.3, -0.25) is 9.80 Å². The monoisotopic (exact) mass is 347 g/mol. The number of benzene rings is 1. The first-order valence-electron chi connectivity index (χ1n) is 8.35. The molecule has 1 fully saturated rings. The van der Waals surface area contributed by atoms with Crippen LogP contribution in [0.15, 0.2) is 29.6 Å². The molecule has 0 aliphatic carbocycles. The number of β-amino-alcohol motifs (C(OH)–C–C–N with tert-alkyl or cyclic N) is 1. The molecule has 0 bridgehead atoms. The number of rotatable bonds is 6. The summed E-state index contributed by atoms with van der Waals surface area (Å²) in [5.74, 6) is 0.866. The number of hydrogen-bond acceptors (Lipinski definition) is 6. The molecule has 1 N–H and O–H groups in total. The fourth-order valence-electron chi connectivity index (χ4n) is 2.98. The molecule has 130 valence electrons. The molecule has 0 radical (unpaired) electrons. The van der Waals surface area contributed by atoms with Gasteiger partial charge in [0.25, 0.3) is 0 Å². The van der Waals surface area contributed by atoms with Crippen molar-refractivity contribution in [3.05, 3.63) is 35.3 Å². The normalized spacial score (nSPS) is 17.8. The van der Waals surface area contributed by atoms with Gasteiger partial charge in [-0.2, -0.15) is 0 Å². The first-order valence-corrected chi connectivity index (χ1v) is 9.23. The SMILES string of the molecule is COc1ccc(-c2nc(CN3CCN(C[C@H](C)O)CC3)cs2)cc1. The average Bonchev–Trinajstić information content (AvgIpc) is 3.05. The standard InChI is InChI=1S/C18H25N3O2S/c1-14(22)11-20-7-9-21(10-8-20)12-16-13-24-18(19-16)15-3-5-17(23-2)6-4-15/h3-6,13-14,22H,7-12H2,1-2H3/t14-/m0/s1. The molecule has 1 saturated heterocycles. The van der Waals surface area contributed by atoms with Crippen molar-refractivity contribution < 1.29 is 9.84 Å². The molecule has 1 aromatic heterocycles. The second kappa shape index (κ2) is 8.07. The smallest absolute Gasteiger partial charge is 0.123 e. The Bertz CT molecular complexity index is 634. The number of aromatic nitrogens is 1. The largest absolute Gasteiger partial charge is 0.497 e. The number of ether oxygens (including phenoxy) is 1. The molecule has 2 heterocycles. The Morgan fingerprint density at radius 1 is 1.17 bits per heavy atom. The molecule has 1 aliphatic rings. The molecular formula is C18H25N3O2S. The highest BCUT2D eigenvalue weighted by Gasteiger charge is 2.18. The van der Waals surface area contributed by atoms with Gasteiger partial charge in [0.05, 0.1) is 18.9 Å². The molecule has 1 aliphatic heterocycles. The fraction of sp³-hybridized carbons (Fsp3) is 0.500. The minimum atomic E-state index is -0.248. The number of aliphatic hydroxyl groups is 1. The van der Waals surface area contributed by atoms with E-state index in [0.717, 1.165) is 61.3 Å². The minimum absolute atomic E-state index is 0.248. The van der Waals surface area contributed by atoms with Crippen molar-refractivity contribution in [3.8, 4) is 16.3 Å². The molecule has 0 unspecified atom stereocenters. The van der Waals surface area contributed by atoms with E-state index in [0.29, 0.717) is 0 Å². The van der Waals surface area contributed by atoms with E-state index in [1.807, 2.05) is 19.1 Å². The maximum atomic E-state index is 9.48. The zero-order chi connectivity index (χ0) is 16.9. The van der Waals surface area contributed by atoms with Crippen molar-refractivity contribution in [1.82, 2.24) is 14.8 Å². The molecule has 2 aromatic rings. The number of aliphatic hydroxyl groups excluding tert-OH is 1. The van der Waals surface area contributed by atoms with Crippen molar-refractivity contribution >= 4 is 11.3 Å². The Kier molecular flexibility index (Phi) is 5.84. The molecule has 5 nitrogen and oxygen atoms in total. The summed E-state index contributed by atoms with van der Waals surface area (Å²) in [6.45, 7) is 7.61. The lowest BCUT2D eigenvalue weighted by Crippen LogP contribution is -2.47. The Labute approximate surface area is 147 Å². The molecule has 1 aromatic carbocycles. The van der Waals surface area contributed by atoms with Crippen molar-refractivity contribution in [2.24, 2.45) is 0 Å². The van der Waals surface area contributed by atoms with E-state index in [4.69, 9.17) is 9.72 Å². The van der Waals surface area contributed by atoms with E-state index in [9.17, 15) is 5.11 Å². The van der Waals surface area contributed by atoms with Gasteiger partial charge in [0.1, 0.15) is 10.8 Å². The van der Waals surface area contributed by atoms with E-state index >= 15 is 0 Å². The van der Waals surface area contributed by atoms with Gasteiger partial charge < -0.3 is 9.84 Å². The first kappa shape index (κ1) is 17.4. The van der Waals surface area contributed by atoms with Gasteiger partial charge in [-0.05, 0) is 31.2 Å². The first-order chi connectivity index (χ1) is 11.6. The average molecular weight is 347 g/mol. The summed E-state index contributed by atoms with van der Waals surface area (Å²) in [6.07, 6.45) is -0.248. The maximum Gasteiger partial charge on any atom is 0.123 e. The second-order valence-corrected chi connectivity index (χ2v) is 7.16. The van der Waals surface area contributed by atoms with Crippen LogP contribution < -0.4 is 4.74 Å². The third-order valence-corrected chi connectivity index (χ3v) is 5.20. The van der Waals surface area contributed by atoms with Crippen molar-refractivity contribution in [3.63, 3.8) is 0 Å². The van der Waals surface area contributed by atoms with Crippen LogP contribution in [0, 0.1) is 0 Å². The molecule has 1 atom stereocenters. The number of thiazole rings is 1. The highest BCUT2D eigenvalue weighted by Crippen LogP contribution is 2.26. The van der Waals surface area contributed by atoms with Crippen molar-refractivity contribution in [2.45, 2.75) is 19.6 Å². The van der Waals surface area contributed by atoms with Gasteiger partial charge in [-0.1, -0.05) is 0 Å². The lowest BCUT2D eigenvalue weighted by atomic mass is 10.2. The Balaban J connectivity index is 1.54.